The summed E-state index contributed by atoms with van der Waals surface area (Å²) in [7, 11) is 1.36. The predicted octanol–water partition coefficient (Wildman–Crippen LogP) is 2.85. The lowest BCUT2D eigenvalue weighted by atomic mass is 10.1. The van der Waals surface area contributed by atoms with Crippen molar-refractivity contribution in [2.45, 2.75) is 26.7 Å². The van der Waals surface area contributed by atoms with Crippen molar-refractivity contribution in [3.63, 3.8) is 0 Å². The first-order valence-corrected chi connectivity index (χ1v) is 7.44. The van der Waals surface area contributed by atoms with Crippen molar-refractivity contribution in [1.29, 1.82) is 0 Å². The quantitative estimate of drug-likeness (QED) is 0.795. The van der Waals surface area contributed by atoms with E-state index in [-0.39, 0.29) is 24.2 Å². The molecule has 1 unspecified atom stereocenters. The van der Waals surface area contributed by atoms with Gasteiger partial charge in [-0.15, -0.1) is 0 Å². The van der Waals surface area contributed by atoms with Gasteiger partial charge in [0.1, 0.15) is 0 Å². The van der Waals surface area contributed by atoms with Crippen LogP contribution in [0.3, 0.4) is 0 Å². The fraction of sp³-hybridized carbons (Fsp3) is 0.467. The largest absolute Gasteiger partial charge is 0.469 e. The predicted molar refractivity (Wildman–Crippen MR) is 80.7 cm³/mol. The second kappa shape index (κ2) is 5.95. The second-order valence-corrected chi connectivity index (χ2v) is 5.81. The van der Waals surface area contributed by atoms with E-state index in [0.717, 1.165) is 27.7 Å². The molecule has 108 valence electrons. The normalized spacial score (nSPS) is 18.5. The minimum Gasteiger partial charge on any atom is -0.469 e. The monoisotopic (exact) mass is 339 g/mol. The average molecular weight is 340 g/mol. The van der Waals surface area contributed by atoms with Crippen LogP contribution in [0.2, 0.25) is 0 Å². The molecule has 1 fully saturated rings. The van der Waals surface area contributed by atoms with Crippen LogP contribution in [0.5, 0.6) is 0 Å². The maximum atomic E-state index is 12.1. The molecule has 0 radical (unpaired) electrons. The number of halogens is 1. The van der Waals surface area contributed by atoms with Gasteiger partial charge in [-0.05, 0) is 36.6 Å². The maximum absolute atomic E-state index is 12.1. The van der Waals surface area contributed by atoms with Crippen LogP contribution in [0.4, 0.5) is 5.69 Å². The Morgan fingerprint density at radius 3 is 2.80 bits per heavy atom. The third-order valence-electron chi connectivity index (χ3n) is 3.67. The highest BCUT2D eigenvalue weighted by molar-refractivity contribution is 9.10. The number of esters is 1. The summed E-state index contributed by atoms with van der Waals surface area (Å²) < 4.78 is 5.81. The Bertz CT molecular complexity index is 556. The molecule has 1 heterocycles. The lowest BCUT2D eigenvalue weighted by Gasteiger charge is -2.19. The Morgan fingerprint density at radius 2 is 2.20 bits per heavy atom. The second-order valence-electron chi connectivity index (χ2n) is 5.02. The molecule has 20 heavy (non-hydrogen) atoms. The van der Waals surface area contributed by atoms with Gasteiger partial charge in [-0.1, -0.05) is 22.9 Å². The van der Waals surface area contributed by atoms with Gasteiger partial charge in [0.05, 0.1) is 13.0 Å². The molecule has 1 aliphatic rings. The standard InChI is InChI=1S/C15H18BrNO3/c1-4-10-6-12(5-9(2)14(10)16)17-8-11(7-13(17)18)15(19)20-3/h5-6,11H,4,7-8H2,1-3H3. The number of benzene rings is 1. The first-order chi connectivity index (χ1) is 9.47. The fourth-order valence-electron chi connectivity index (χ4n) is 2.52. The lowest BCUT2D eigenvalue weighted by molar-refractivity contribution is -0.145. The minimum absolute atomic E-state index is 0.0239. The molecule has 0 aliphatic carbocycles. The minimum atomic E-state index is -0.360. The van der Waals surface area contributed by atoms with E-state index in [0.29, 0.717) is 6.54 Å². The molecule has 5 heteroatoms. The van der Waals surface area contributed by atoms with Crippen molar-refractivity contribution in [1.82, 2.24) is 0 Å². The molecule has 0 aromatic heterocycles. The topological polar surface area (TPSA) is 46.6 Å². The molecule has 0 saturated carbocycles. The molecule has 1 aliphatic heterocycles. The van der Waals surface area contributed by atoms with Crippen molar-refractivity contribution in [2.75, 3.05) is 18.6 Å². The molecule has 4 nitrogen and oxygen atoms in total. The Kier molecular flexibility index (Phi) is 4.48. The van der Waals surface area contributed by atoms with Crippen molar-refractivity contribution in [3.8, 4) is 0 Å². The van der Waals surface area contributed by atoms with E-state index < -0.39 is 0 Å². The van der Waals surface area contributed by atoms with Crippen LogP contribution in [0.15, 0.2) is 16.6 Å². The number of ether oxygens (including phenoxy) is 1. The van der Waals surface area contributed by atoms with E-state index in [9.17, 15) is 9.59 Å². The number of aryl methyl sites for hydroxylation is 2. The van der Waals surface area contributed by atoms with Crippen LogP contribution in [0.1, 0.15) is 24.5 Å². The SMILES string of the molecule is CCc1cc(N2CC(C(=O)OC)CC2=O)cc(C)c1Br. The van der Waals surface area contributed by atoms with E-state index in [1.54, 1.807) is 4.90 Å². The highest BCUT2D eigenvalue weighted by Gasteiger charge is 2.36. The number of carbonyl (C=O) groups excluding carboxylic acids is 2. The Morgan fingerprint density at radius 1 is 1.50 bits per heavy atom. The summed E-state index contributed by atoms with van der Waals surface area (Å²) in [5.41, 5.74) is 3.11. The van der Waals surface area contributed by atoms with Crippen LogP contribution in [-0.2, 0) is 20.7 Å². The number of carbonyl (C=O) groups is 2. The summed E-state index contributed by atoms with van der Waals surface area (Å²) in [4.78, 5) is 25.4. The van der Waals surface area contributed by atoms with Gasteiger partial charge in [-0.2, -0.15) is 0 Å². The highest BCUT2D eigenvalue weighted by atomic mass is 79.9. The molecule has 1 amide bonds. The summed E-state index contributed by atoms with van der Waals surface area (Å²) in [5, 5.41) is 0. The molecule has 1 atom stereocenters. The first-order valence-electron chi connectivity index (χ1n) is 6.65. The molecule has 0 bridgehead atoms. The van der Waals surface area contributed by atoms with Crippen LogP contribution >= 0.6 is 15.9 Å². The van der Waals surface area contributed by atoms with Crippen LogP contribution < -0.4 is 4.90 Å². The van der Waals surface area contributed by atoms with E-state index in [2.05, 4.69) is 22.9 Å². The number of anilines is 1. The van der Waals surface area contributed by atoms with Gasteiger partial charge < -0.3 is 9.64 Å². The van der Waals surface area contributed by atoms with Gasteiger partial charge >= 0.3 is 5.97 Å². The summed E-state index contributed by atoms with van der Waals surface area (Å²) in [6.07, 6.45) is 1.11. The number of hydrogen-bond acceptors (Lipinski definition) is 3. The van der Waals surface area contributed by atoms with Gasteiger partial charge in [-0.25, -0.2) is 0 Å². The maximum Gasteiger partial charge on any atom is 0.311 e. The third kappa shape index (κ3) is 2.73. The van der Waals surface area contributed by atoms with E-state index >= 15 is 0 Å². The van der Waals surface area contributed by atoms with Gasteiger partial charge in [0.25, 0.3) is 0 Å². The smallest absolute Gasteiger partial charge is 0.311 e. The van der Waals surface area contributed by atoms with Crippen LogP contribution in [-0.4, -0.2) is 25.5 Å². The van der Waals surface area contributed by atoms with Gasteiger partial charge in [0.2, 0.25) is 5.91 Å². The zero-order valence-electron chi connectivity index (χ0n) is 11.9. The van der Waals surface area contributed by atoms with Crippen LogP contribution in [0, 0.1) is 12.8 Å². The van der Waals surface area contributed by atoms with Gasteiger partial charge in [0, 0.05) is 23.1 Å². The van der Waals surface area contributed by atoms with Gasteiger partial charge in [-0.3, -0.25) is 9.59 Å². The molecular weight excluding hydrogens is 322 g/mol. The molecule has 2 rings (SSSR count). The Labute approximate surface area is 127 Å². The Balaban J connectivity index is 2.31. The molecule has 1 aromatic carbocycles. The zero-order chi connectivity index (χ0) is 14.9. The molecule has 0 N–H and O–H groups in total. The van der Waals surface area contributed by atoms with Crippen molar-refractivity contribution >= 4 is 33.5 Å². The molecular formula is C15H18BrNO3. The highest BCUT2D eigenvalue weighted by Crippen LogP contribution is 2.31. The molecule has 0 spiro atoms. The third-order valence-corrected chi connectivity index (χ3v) is 4.80. The molecule has 1 aromatic rings. The number of amides is 1. The Hall–Kier alpha value is -1.36. The fourth-order valence-corrected chi connectivity index (χ4v) is 3.03. The van der Waals surface area contributed by atoms with Crippen molar-refractivity contribution in [2.24, 2.45) is 5.92 Å². The molecule has 1 saturated heterocycles. The summed E-state index contributed by atoms with van der Waals surface area (Å²) in [5.74, 6) is -0.698. The summed E-state index contributed by atoms with van der Waals surface area (Å²) in [6, 6.07) is 3.98. The van der Waals surface area contributed by atoms with Crippen LogP contribution in [0.25, 0.3) is 0 Å². The number of methoxy groups -OCH3 is 1. The van der Waals surface area contributed by atoms with Crippen molar-refractivity contribution in [3.05, 3.63) is 27.7 Å². The number of rotatable bonds is 3. The van der Waals surface area contributed by atoms with E-state index in [1.165, 1.54) is 7.11 Å². The van der Waals surface area contributed by atoms with E-state index in [1.807, 2.05) is 19.1 Å². The first kappa shape index (κ1) is 15.0. The van der Waals surface area contributed by atoms with Gasteiger partial charge in [0.15, 0.2) is 0 Å². The summed E-state index contributed by atoms with van der Waals surface area (Å²) >= 11 is 3.57. The zero-order valence-corrected chi connectivity index (χ0v) is 13.5. The average Bonchev–Trinajstić information content (AvgIpc) is 2.83. The number of nitrogens with zero attached hydrogens (tertiary/aromatic N) is 1. The summed E-state index contributed by atoms with van der Waals surface area (Å²) in [6.45, 7) is 4.48. The number of hydrogen-bond donors (Lipinski definition) is 0. The van der Waals surface area contributed by atoms with Crippen molar-refractivity contribution < 1.29 is 14.3 Å². The lowest BCUT2D eigenvalue weighted by Crippen LogP contribution is -2.26. The van der Waals surface area contributed by atoms with E-state index in [4.69, 9.17) is 4.74 Å².